The number of halogens is 1. The maximum Gasteiger partial charge on any atom is 0.407 e. The molecule has 1 aliphatic carbocycles. The Labute approximate surface area is 186 Å². The summed E-state index contributed by atoms with van der Waals surface area (Å²) < 4.78 is 20.5. The van der Waals surface area contributed by atoms with E-state index in [0.29, 0.717) is 50.3 Å². The monoisotopic (exact) mass is 450 g/mol. The number of aliphatic hydroxyl groups excluding tert-OH is 2. The molecule has 0 bridgehead atoms. The molecule has 0 spiro atoms. The van der Waals surface area contributed by atoms with Gasteiger partial charge in [-0.2, -0.15) is 0 Å². The molecule has 1 heterocycles. The van der Waals surface area contributed by atoms with Crippen LogP contribution in [0.3, 0.4) is 0 Å². The van der Waals surface area contributed by atoms with Gasteiger partial charge in [0.15, 0.2) is 0 Å². The summed E-state index contributed by atoms with van der Waals surface area (Å²) in [5.74, 6) is -0.0866. The third-order valence-electron chi connectivity index (χ3n) is 6.16. The smallest absolute Gasteiger partial charge is 0.407 e. The summed E-state index contributed by atoms with van der Waals surface area (Å²) in [5, 5.41) is 29.8. The molecule has 0 radical (unpaired) electrons. The number of carboxylic acid groups (broad SMARTS) is 1. The van der Waals surface area contributed by atoms with Gasteiger partial charge in [-0.3, -0.25) is 4.79 Å². The van der Waals surface area contributed by atoms with E-state index in [-0.39, 0.29) is 30.1 Å². The number of likely N-dealkylation sites (tertiary alicyclic amines) is 1. The molecule has 1 saturated heterocycles. The van der Waals surface area contributed by atoms with Gasteiger partial charge in [-0.15, -0.1) is 0 Å². The lowest BCUT2D eigenvalue weighted by molar-refractivity contribution is -0.125. The summed E-state index contributed by atoms with van der Waals surface area (Å²) >= 11 is 0. The van der Waals surface area contributed by atoms with E-state index < -0.39 is 18.8 Å². The van der Waals surface area contributed by atoms with Gasteiger partial charge in [0.05, 0.1) is 19.3 Å². The van der Waals surface area contributed by atoms with Gasteiger partial charge in [0.25, 0.3) is 0 Å². The molecule has 1 aliphatic heterocycles. The first kappa shape index (κ1) is 24.0. The number of ether oxygens (including phenoxy) is 1. The van der Waals surface area contributed by atoms with Crippen molar-refractivity contribution in [2.24, 2.45) is 11.8 Å². The summed E-state index contributed by atoms with van der Waals surface area (Å²) in [6.07, 6.45) is 3.11. The van der Waals surface area contributed by atoms with Crippen molar-refractivity contribution in [3.05, 3.63) is 35.7 Å². The molecule has 32 heavy (non-hydrogen) atoms. The summed E-state index contributed by atoms with van der Waals surface area (Å²) in [6.45, 7) is 1.02. The first-order valence-electron chi connectivity index (χ1n) is 11.0. The minimum Gasteiger partial charge on any atom is -0.493 e. The summed E-state index contributed by atoms with van der Waals surface area (Å²) in [5.41, 5.74) is 1.36. The number of amides is 2. The Bertz CT molecular complexity index is 838. The zero-order valence-electron chi connectivity index (χ0n) is 18.0. The zero-order valence-corrected chi connectivity index (χ0v) is 18.0. The van der Waals surface area contributed by atoms with Crippen molar-refractivity contribution in [1.82, 2.24) is 10.2 Å². The molecule has 2 unspecified atom stereocenters. The van der Waals surface area contributed by atoms with Gasteiger partial charge in [0.1, 0.15) is 11.6 Å². The standard InChI is InChI=1S/C23H31FN2O6/c24-21-11-19(32-14-15-7-9-26(10-8-15)23(30)31)5-6-20(21)16-1-3-17(4-2-16)22(29)25-12-18(28)13-27/h1,5-6,11,15,17-18,27-28H,2-4,7-10,12-14H2,(H,25,29)(H,30,31). The molecule has 1 aromatic rings. The highest BCUT2D eigenvalue weighted by Crippen LogP contribution is 2.33. The molecule has 2 aliphatic rings. The molecule has 2 atom stereocenters. The van der Waals surface area contributed by atoms with Crippen LogP contribution in [0.15, 0.2) is 24.3 Å². The van der Waals surface area contributed by atoms with E-state index in [0.717, 1.165) is 18.4 Å². The maximum absolute atomic E-state index is 14.7. The Hall–Kier alpha value is -2.65. The lowest BCUT2D eigenvalue weighted by Crippen LogP contribution is -2.38. The third kappa shape index (κ3) is 6.43. The van der Waals surface area contributed by atoms with Gasteiger partial charge < -0.3 is 30.3 Å². The van der Waals surface area contributed by atoms with Crippen LogP contribution < -0.4 is 10.1 Å². The number of piperidine rings is 1. The molecule has 2 amide bonds. The van der Waals surface area contributed by atoms with E-state index in [2.05, 4.69) is 5.32 Å². The number of aliphatic hydroxyl groups is 2. The molecule has 0 aromatic heterocycles. The normalized spacial score (nSPS) is 20.4. The Kier molecular flexibility index (Phi) is 8.46. The summed E-state index contributed by atoms with van der Waals surface area (Å²) in [4.78, 5) is 24.5. The van der Waals surface area contributed by atoms with Gasteiger partial charge in [-0.1, -0.05) is 6.08 Å². The number of hydrogen-bond acceptors (Lipinski definition) is 5. The van der Waals surface area contributed by atoms with Gasteiger partial charge in [0, 0.05) is 37.2 Å². The quantitative estimate of drug-likeness (QED) is 0.482. The molecular formula is C23H31FN2O6. The van der Waals surface area contributed by atoms with E-state index in [1.54, 1.807) is 12.1 Å². The van der Waals surface area contributed by atoms with E-state index in [9.17, 15) is 19.1 Å². The average Bonchev–Trinajstić information content (AvgIpc) is 2.81. The van der Waals surface area contributed by atoms with Crippen molar-refractivity contribution in [2.45, 2.75) is 38.2 Å². The minimum absolute atomic E-state index is 0.0111. The number of nitrogens with one attached hydrogen (secondary N) is 1. The van der Waals surface area contributed by atoms with Crippen LogP contribution in [0.2, 0.25) is 0 Å². The van der Waals surface area contributed by atoms with Gasteiger partial charge in [0.2, 0.25) is 5.91 Å². The largest absolute Gasteiger partial charge is 0.493 e. The summed E-state index contributed by atoms with van der Waals surface area (Å²) in [6, 6.07) is 4.81. The van der Waals surface area contributed by atoms with Crippen LogP contribution in [0.1, 0.15) is 37.7 Å². The zero-order chi connectivity index (χ0) is 23.1. The number of nitrogens with zero attached hydrogens (tertiary/aromatic N) is 1. The van der Waals surface area contributed by atoms with Crippen molar-refractivity contribution >= 4 is 17.6 Å². The van der Waals surface area contributed by atoms with Crippen molar-refractivity contribution < 1.29 is 34.0 Å². The first-order chi connectivity index (χ1) is 15.4. The van der Waals surface area contributed by atoms with Crippen LogP contribution in [-0.4, -0.2) is 71.2 Å². The lowest BCUT2D eigenvalue weighted by atomic mass is 9.86. The molecule has 3 rings (SSSR count). The predicted molar refractivity (Wildman–Crippen MR) is 116 cm³/mol. The van der Waals surface area contributed by atoms with Crippen molar-refractivity contribution in [1.29, 1.82) is 0 Å². The fraction of sp³-hybridized carbons (Fsp3) is 0.565. The molecule has 1 fully saturated rings. The Morgan fingerprint density at radius 2 is 2.00 bits per heavy atom. The molecule has 8 nitrogen and oxygen atoms in total. The fourth-order valence-corrected chi connectivity index (χ4v) is 4.10. The van der Waals surface area contributed by atoms with Crippen LogP contribution in [0, 0.1) is 17.7 Å². The fourth-order valence-electron chi connectivity index (χ4n) is 4.10. The van der Waals surface area contributed by atoms with Crippen LogP contribution in [-0.2, 0) is 4.79 Å². The van der Waals surface area contributed by atoms with E-state index >= 15 is 0 Å². The lowest BCUT2D eigenvalue weighted by Gasteiger charge is -2.29. The van der Waals surface area contributed by atoms with E-state index in [4.69, 9.17) is 14.9 Å². The van der Waals surface area contributed by atoms with E-state index in [1.807, 2.05) is 6.08 Å². The third-order valence-corrected chi connectivity index (χ3v) is 6.16. The number of hydrogen-bond donors (Lipinski definition) is 4. The maximum atomic E-state index is 14.7. The first-order valence-corrected chi connectivity index (χ1v) is 11.0. The molecule has 4 N–H and O–H groups in total. The number of allylic oxidation sites excluding steroid dienone is 2. The van der Waals surface area contributed by atoms with E-state index in [1.165, 1.54) is 11.0 Å². The molecular weight excluding hydrogens is 419 g/mol. The topological polar surface area (TPSA) is 119 Å². The highest BCUT2D eigenvalue weighted by molar-refractivity contribution is 5.80. The van der Waals surface area contributed by atoms with Crippen LogP contribution >= 0.6 is 0 Å². The van der Waals surface area contributed by atoms with Crippen molar-refractivity contribution in [3.63, 3.8) is 0 Å². The Morgan fingerprint density at radius 3 is 2.59 bits per heavy atom. The van der Waals surface area contributed by atoms with Crippen LogP contribution in [0.25, 0.3) is 5.57 Å². The highest BCUT2D eigenvalue weighted by Gasteiger charge is 2.24. The SMILES string of the molecule is O=C(NCC(O)CO)C1CC=C(c2ccc(OCC3CCN(C(=O)O)CC3)cc2F)CC1. The minimum atomic E-state index is -0.971. The molecule has 1 aromatic carbocycles. The Morgan fingerprint density at radius 1 is 1.25 bits per heavy atom. The highest BCUT2D eigenvalue weighted by atomic mass is 19.1. The second kappa shape index (κ2) is 11.3. The van der Waals surface area contributed by atoms with Crippen molar-refractivity contribution in [2.75, 3.05) is 32.8 Å². The predicted octanol–water partition coefficient (Wildman–Crippen LogP) is 2.25. The second-order valence-corrected chi connectivity index (χ2v) is 8.45. The van der Waals surface area contributed by atoms with Crippen LogP contribution in [0.5, 0.6) is 5.75 Å². The number of carbonyl (C=O) groups excluding carboxylic acids is 1. The molecule has 9 heteroatoms. The number of benzene rings is 1. The summed E-state index contributed by atoms with van der Waals surface area (Å²) in [7, 11) is 0. The number of rotatable bonds is 8. The van der Waals surface area contributed by atoms with Crippen molar-refractivity contribution in [3.8, 4) is 5.75 Å². The van der Waals surface area contributed by atoms with Crippen LogP contribution in [0.4, 0.5) is 9.18 Å². The molecule has 176 valence electrons. The van der Waals surface area contributed by atoms with Gasteiger partial charge in [-0.25, -0.2) is 9.18 Å². The average molecular weight is 451 g/mol. The van der Waals surface area contributed by atoms with Gasteiger partial charge >= 0.3 is 6.09 Å². The molecule has 0 saturated carbocycles. The Balaban J connectivity index is 1.49. The number of carbonyl (C=O) groups is 2. The van der Waals surface area contributed by atoms with Gasteiger partial charge in [-0.05, 0) is 55.7 Å². The second-order valence-electron chi connectivity index (χ2n) is 8.45.